The highest BCUT2D eigenvalue weighted by Gasteiger charge is 2.11. The molecule has 4 aromatic heterocycles. The van der Waals surface area contributed by atoms with Crippen LogP contribution in [-0.4, -0.2) is 31.1 Å². The van der Waals surface area contributed by atoms with Crippen LogP contribution in [0.15, 0.2) is 42.4 Å². The normalized spacial score (nSPS) is 11.0. The molecule has 0 aliphatic rings. The van der Waals surface area contributed by atoms with Crippen LogP contribution in [0.25, 0.3) is 27.9 Å². The first-order chi connectivity index (χ1) is 10.3. The molecular weight excluding hydrogens is 286 g/mol. The number of aldehydes is 1. The first-order valence-corrected chi connectivity index (χ1v) is 7.10. The largest absolute Gasteiger partial charge is 0.297 e. The summed E-state index contributed by atoms with van der Waals surface area (Å²) in [7, 11) is 0. The van der Waals surface area contributed by atoms with Crippen molar-refractivity contribution in [3.05, 3.63) is 47.3 Å². The topological polar surface area (TPSA) is 75.9 Å². The van der Waals surface area contributed by atoms with E-state index in [1.54, 1.807) is 23.1 Å². The Morgan fingerprint density at radius 3 is 2.90 bits per heavy atom. The molecule has 0 aliphatic carbocycles. The maximum atomic E-state index is 10.8. The van der Waals surface area contributed by atoms with Crippen molar-refractivity contribution in [2.75, 3.05) is 0 Å². The van der Waals surface area contributed by atoms with E-state index in [1.165, 1.54) is 11.3 Å². The summed E-state index contributed by atoms with van der Waals surface area (Å²) in [6, 6.07) is 1.85. The standard InChI is InChI=1S/C14H9N5OS/c20-7-12-1-9(8-21-12)13-5-18-19-6-11(2-15-14(13)19)10-3-16-17-4-10/h1-8H,(H,16,17). The molecule has 21 heavy (non-hydrogen) atoms. The number of nitrogens with one attached hydrogen (secondary N) is 1. The molecule has 0 fully saturated rings. The van der Waals surface area contributed by atoms with E-state index in [2.05, 4.69) is 20.3 Å². The molecule has 0 saturated carbocycles. The lowest BCUT2D eigenvalue weighted by atomic mass is 10.1. The van der Waals surface area contributed by atoms with Gasteiger partial charge in [-0.05, 0) is 17.0 Å². The third-order valence-electron chi connectivity index (χ3n) is 3.23. The number of thiophene rings is 1. The van der Waals surface area contributed by atoms with E-state index in [4.69, 9.17) is 0 Å². The van der Waals surface area contributed by atoms with Crippen LogP contribution < -0.4 is 0 Å². The van der Waals surface area contributed by atoms with Crippen LogP contribution in [0.2, 0.25) is 0 Å². The van der Waals surface area contributed by atoms with Gasteiger partial charge in [-0.15, -0.1) is 11.3 Å². The van der Waals surface area contributed by atoms with Gasteiger partial charge in [0.15, 0.2) is 11.9 Å². The van der Waals surface area contributed by atoms with Crippen molar-refractivity contribution < 1.29 is 4.79 Å². The zero-order valence-electron chi connectivity index (χ0n) is 10.7. The quantitative estimate of drug-likeness (QED) is 0.589. The van der Waals surface area contributed by atoms with Gasteiger partial charge in [0, 0.05) is 35.3 Å². The Hall–Kier alpha value is -2.80. The summed E-state index contributed by atoms with van der Waals surface area (Å²) < 4.78 is 1.73. The van der Waals surface area contributed by atoms with E-state index in [0.29, 0.717) is 4.88 Å². The fraction of sp³-hybridized carbons (Fsp3) is 0. The highest BCUT2D eigenvalue weighted by atomic mass is 32.1. The summed E-state index contributed by atoms with van der Waals surface area (Å²) in [6.07, 6.45) is 9.86. The Morgan fingerprint density at radius 1 is 1.19 bits per heavy atom. The van der Waals surface area contributed by atoms with Crippen LogP contribution in [-0.2, 0) is 0 Å². The van der Waals surface area contributed by atoms with Gasteiger partial charge in [-0.3, -0.25) is 9.89 Å². The lowest BCUT2D eigenvalue weighted by molar-refractivity contribution is 0.112. The smallest absolute Gasteiger partial charge is 0.162 e. The summed E-state index contributed by atoms with van der Waals surface area (Å²) in [5.41, 5.74) is 4.53. The van der Waals surface area contributed by atoms with E-state index in [9.17, 15) is 4.79 Å². The zero-order chi connectivity index (χ0) is 14.2. The molecule has 0 bridgehead atoms. The fourth-order valence-electron chi connectivity index (χ4n) is 2.19. The number of H-pyrrole nitrogens is 1. The van der Waals surface area contributed by atoms with Crippen molar-refractivity contribution in [1.29, 1.82) is 0 Å². The molecule has 6 nitrogen and oxygen atoms in total. The number of aromatic nitrogens is 5. The van der Waals surface area contributed by atoms with Gasteiger partial charge in [-0.1, -0.05) is 0 Å². The highest BCUT2D eigenvalue weighted by molar-refractivity contribution is 7.12. The first-order valence-electron chi connectivity index (χ1n) is 6.22. The van der Waals surface area contributed by atoms with Crippen LogP contribution in [0.1, 0.15) is 9.67 Å². The summed E-state index contributed by atoms with van der Waals surface area (Å²) in [5, 5.41) is 13.0. The van der Waals surface area contributed by atoms with Gasteiger partial charge in [-0.2, -0.15) is 10.2 Å². The average Bonchev–Trinajstić information content (AvgIpc) is 3.25. The fourth-order valence-corrected chi connectivity index (χ4v) is 2.90. The van der Waals surface area contributed by atoms with E-state index in [0.717, 1.165) is 34.2 Å². The lowest BCUT2D eigenvalue weighted by Crippen LogP contribution is -1.91. The highest BCUT2D eigenvalue weighted by Crippen LogP contribution is 2.28. The number of nitrogens with zero attached hydrogens (tertiary/aromatic N) is 4. The Bertz CT molecular complexity index is 922. The van der Waals surface area contributed by atoms with Gasteiger partial charge >= 0.3 is 0 Å². The van der Waals surface area contributed by atoms with Crippen molar-refractivity contribution in [2.45, 2.75) is 0 Å². The van der Waals surface area contributed by atoms with Crippen molar-refractivity contribution in [2.24, 2.45) is 0 Å². The number of aromatic amines is 1. The van der Waals surface area contributed by atoms with Crippen molar-refractivity contribution in [3.8, 4) is 22.3 Å². The summed E-state index contributed by atoms with van der Waals surface area (Å²) >= 11 is 1.41. The molecule has 4 rings (SSSR count). The number of fused-ring (bicyclic) bond motifs is 1. The molecule has 0 amide bonds. The van der Waals surface area contributed by atoms with Gasteiger partial charge in [0.2, 0.25) is 0 Å². The molecule has 0 aliphatic heterocycles. The summed E-state index contributed by atoms with van der Waals surface area (Å²) in [5.74, 6) is 0. The molecule has 4 heterocycles. The van der Waals surface area contributed by atoms with Gasteiger partial charge in [0.05, 0.1) is 17.3 Å². The molecule has 0 saturated heterocycles. The van der Waals surface area contributed by atoms with Crippen LogP contribution >= 0.6 is 11.3 Å². The SMILES string of the molecule is O=Cc1cc(-c2cnn3cc(-c4cn[nH]c4)cnc23)cs1. The monoisotopic (exact) mass is 295 g/mol. The third kappa shape index (κ3) is 1.95. The Labute approximate surface area is 123 Å². The Kier molecular flexibility index (Phi) is 2.65. The van der Waals surface area contributed by atoms with E-state index in [1.807, 2.05) is 23.8 Å². The third-order valence-corrected chi connectivity index (χ3v) is 4.09. The molecular formula is C14H9N5OS. The van der Waals surface area contributed by atoms with Gasteiger partial charge < -0.3 is 0 Å². The zero-order valence-corrected chi connectivity index (χ0v) is 11.5. The van der Waals surface area contributed by atoms with Crippen molar-refractivity contribution in [3.63, 3.8) is 0 Å². The number of carbonyl (C=O) groups is 1. The predicted molar refractivity (Wildman–Crippen MR) is 79.3 cm³/mol. The predicted octanol–water partition coefficient (Wildman–Crippen LogP) is 2.66. The minimum atomic E-state index is 0.694. The number of rotatable bonds is 3. The van der Waals surface area contributed by atoms with Crippen LogP contribution in [0.3, 0.4) is 0 Å². The first kappa shape index (κ1) is 12.0. The Balaban J connectivity index is 1.84. The Morgan fingerprint density at radius 2 is 2.14 bits per heavy atom. The maximum Gasteiger partial charge on any atom is 0.162 e. The minimum Gasteiger partial charge on any atom is -0.297 e. The summed E-state index contributed by atoms with van der Waals surface area (Å²) in [6.45, 7) is 0. The molecule has 4 aromatic rings. The summed E-state index contributed by atoms with van der Waals surface area (Å²) in [4.78, 5) is 16.0. The molecule has 1 N–H and O–H groups in total. The van der Waals surface area contributed by atoms with Crippen LogP contribution in [0.5, 0.6) is 0 Å². The average molecular weight is 295 g/mol. The molecule has 0 radical (unpaired) electrons. The molecule has 0 atom stereocenters. The second kappa shape index (κ2) is 4.64. The number of hydrogen-bond acceptors (Lipinski definition) is 5. The van der Waals surface area contributed by atoms with Gasteiger partial charge in [0.1, 0.15) is 0 Å². The minimum absolute atomic E-state index is 0.694. The van der Waals surface area contributed by atoms with E-state index < -0.39 is 0 Å². The molecule has 0 aromatic carbocycles. The second-order valence-corrected chi connectivity index (χ2v) is 5.45. The number of hydrogen-bond donors (Lipinski definition) is 1. The second-order valence-electron chi connectivity index (χ2n) is 4.51. The molecule has 0 unspecified atom stereocenters. The van der Waals surface area contributed by atoms with Crippen LogP contribution in [0, 0.1) is 0 Å². The lowest BCUT2D eigenvalue weighted by Gasteiger charge is -1.99. The maximum absolute atomic E-state index is 10.8. The van der Waals surface area contributed by atoms with Crippen molar-refractivity contribution >= 4 is 23.3 Å². The molecule has 7 heteroatoms. The van der Waals surface area contributed by atoms with Crippen molar-refractivity contribution in [1.82, 2.24) is 24.8 Å². The van der Waals surface area contributed by atoms with E-state index >= 15 is 0 Å². The number of carbonyl (C=O) groups excluding carboxylic acids is 1. The van der Waals surface area contributed by atoms with Gasteiger partial charge in [-0.25, -0.2) is 9.50 Å². The van der Waals surface area contributed by atoms with Gasteiger partial charge in [0.25, 0.3) is 0 Å². The van der Waals surface area contributed by atoms with Crippen LogP contribution in [0.4, 0.5) is 0 Å². The molecule has 0 spiro atoms. The molecule has 102 valence electrons. The van der Waals surface area contributed by atoms with E-state index in [-0.39, 0.29) is 0 Å².